The number of alkyl halides is 6. The fourth-order valence-electron chi connectivity index (χ4n) is 6.70. The Morgan fingerprint density at radius 2 is 1.63 bits per heavy atom. The summed E-state index contributed by atoms with van der Waals surface area (Å²) >= 11 is 0. The lowest BCUT2D eigenvalue weighted by Crippen LogP contribution is -2.51. The van der Waals surface area contributed by atoms with Crippen LogP contribution in [0.4, 0.5) is 35.5 Å². The molecule has 2 aliphatic heterocycles. The fourth-order valence-corrected chi connectivity index (χ4v) is 6.70. The Labute approximate surface area is 244 Å². The van der Waals surface area contributed by atoms with Crippen LogP contribution >= 0.6 is 0 Å². The molecule has 0 N–H and O–H groups in total. The Bertz CT molecular complexity index is 1420. The summed E-state index contributed by atoms with van der Waals surface area (Å²) in [5.41, 5.74) is -0.898. The van der Waals surface area contributed by atoms with E-state index >= 15 is 0 Å². The third kappa shape index (κ3) is 6.10. The molecule has 3 unspecified atom stereocenters. The van der Waals surface area contributed by atoms with Gasteiger partial charge in [-0.05, 0) is 79.6 Å². The molecule has 43 heavy (non-hydrogen) atoms. The summed E-state index contributed by atoms with van der Waals surface area (Å²) in [4.78, 5) is 30.9. The van der Waals surface area contributed by atoms with Crippen molar-refractivity contribution in [3.63, 3.8) is 0 Å². The molecule has 2 heterocycles. The van der Waals surface area contributed by atoms with Crippen LogP contribution in [0.15, 0.2) is 48.2 Å². The number of aryl methyl sites for hydroxylation is 1. The maximum absolute atomic E-state index is 14.1. The number of fused-ring (bicyclic) bond motifs is 1. The molecule has 0 saturated carbocycles. The van der Waals surface area contributed by atoms with E-state index in [0.717, 1.165) is 16.2 Å². The van der Waals surface area contributed by atoms with E-state index in [-0.39, 0.29) is 29.2 Å². The molecular weight excluding hydrogens is 579 g/mol. The van der Waals surface area contributed by atoms with E-state index in [1.807, 2.05) is 0 Å². The van der Waals surface area contributed by atoms with Gasteiger partial charge < -0.3 is 14.7 Å². The van der Waals surface area contributed by atoms with Gasteiger partial charge in [0, 0.05) is 50.8 Å². The predicted octanol–water partition coefficient (Wildman–Crippen LogP) is 7.53. The number of carbonyl (C=O) groups excluding carboxylic acids is 2. The number of rotatable bonds is 4. The highest BCUT2D eigenvalue weighted by Crippen LogP contribution is 2.47. The minimum atomic E-state index is -5.01. The van der Waals surface area contributed by atoms with Crippen molar-refractivity contribution in [3.8, 4) is 0 Å². The molecule has 3 aliphatic rings. The number of urea groups is 1. The first-order chi connectivity index (χ1) is 20.0. The van der Waals surface area contributed by atoms with E-state index in [4.69, 9.17) is 0 Å². The second-order valence-electron chi connectivity index (χ2n) is 11.8. The van der Waals surface area contributed by atoms with Gasteiger partial charge in [0.05, 0.1) is 23.2 Å². The first-order valence-electron chi connectivity index (χ1n) is 14.1. The first kappa shape index (κ1) is 30.9. The molecule has 0 aromatic heterocycles. The highest BCUT2D eigenvalue weighted by Gasteiger charge is 2.48. The quantitative estimate of drug-likeness (QED) is 0.336. The average molecular weight is 612 g/mol. The van der Waals surface area contributed by atoms with Crippen LogP contribution in [0, 0.1) is 24.6 Å². The Balaban J connectivity index is 1.48. The summed E-state index contributed by atoms with van der Waals surface area (Å²) < 4.78 is 95.3. The van der Waals surface area contributed by atoms with Gasteiger partial charge in [-0.15, -0.1) is 0 Å². The van der Waals surface area contributed by atoms with Crippen molar-refractivity contribution in [2.45, 2.75) is 57.5 Å². The molecule has 232 valence electrons. The van der Waals surface area contributed by atoms with E-state index < -0.39 is 47.4 Å². The molecule has 4 atom stereocenters. The molecule has 5 nitrogen and oxygen atoms in total. The molecule has 2 aromatic carbocycles. The van der Waals surface area contributed by atoms with Crippen LogP contribution in [0.25, 0.3) is 0 Å². The predicted molar refractivity (Wildman–Crippen MR) is 144 cm³/mol. The molecule has 5 rings (SSSR count). The lowest BCUT2D eigenvalue weighted by atomic mass is 9.78. The second kappa shape index (κ2) is 11.2. The highest BCUT2D eigenvalue weighted by molar-refractivity contribution is 5.92. The molecule has 1 aliphatic carbocycles. The van der Waals surface area contributed by atoms with Crippen molar-refractivity contribution in [3.05, 3.63) is 81.8 Å². The Hall–Kier alpha value is -3.57. The van der Waals surface area contributed by atoms with Crippen LogP contribution < -0.4 is 0 Å². The van der Waals surface area contributed by atoms with Crippen LogP contribution in [-0.4, -0.2) is 53.2 Å². The van der Waals surface area contributed by atoms with Crippen LogP contribution in [0.2, 0.25) is 0 Å². The first-order valence-corrected chi connectivity index (χ1v) is 14.1. The van der Waals surface area contributed by atoms with Gasteiger partial charge in [0.1, 0.15) is 5.82 Å². The smallest absolute Gasteiger partial charge is 0.374 e. The summed E-state index contributed by atoms with van der Waals surface area (Å²) in [5, 5.41) is 0. The van der Waals surface area contributed by atoms with Gasteiger partial charge in [-0.2, -0.15) is 26.3 Å². The number of likely N-dealkylation sites (tertiary alicyclic amines) is 2. The van der Waals surface area contributed by atoms with Crippen LogP contribution in [0.5, 0.6) is 0 Å². The highest BCUT2D eigenvalue weighted by atomic mass is 19.4. The molecule has 12 heteroatoms. The minimum Gasteiger partial charge on any atom is -0.374 e. The van der Waals surface area contributed by atoms with E-state index in [0.29, 0.717) is 56.6 Å². The van der Waals surface area contributed by atoms with Crippen LogP contribution in [0.1, 0.15) is 66.1 Å². The molecule has 2 aromatic rings. The van der Waals surface area contributed by atoms with Crippen LogP contribution in [-0.2, 0) is 17.1 Å². The Morgan fingerprint density at radius 1 is 0.977 bits per heavy atom. The number of benzene rings is 2. The SMILES string of the molecule is Cc1cc(F)ccc1C1[C@@H]2CN(C3=CC(=O)CC3)CC2CCN1C(=O)N(C)C(C)c1cc(C(F)(F)F)cc(C(F)(F)F)c1. The molecule has 0 radical (unpaired) electrons. The number of carbonyl (C=O) groups is 2. The Morgan fingerprint density at radius 3 is 2.19 bits per heavy atom. The number of allylic oxidation sites excluding steroid dienone is 2. The zero-order chi connectivity index (χ0) is 31.4. The lowest BCUT2D eigenvalue weighted by molar-refractivity contribution is -0.143. The van der Waals surface area contributed by atoms with Gasteiger partial charge in [0.25, 0.3) is 0 Å². The van der Waals surface area contributed by atoms with Gasteiger partial charge in [-0.3, -0.25) is 4.79 Å². The largest absolute Gasteiger partial charge is 0.416 e. The molecule has 2 amide bonds. The topological polar surface area (TPSA) is 43.9 Å². The number of ketones is 1. The van der Waals surface area contributed by atoms with Gasteiger partial charge >= 0.3 is 18.4 Å². The average Bonchev–Trinajstić information content (AvgIpc) is 3.56. The lowest BCUT2D eigenvalue weighted by Gasteiger charge is -2.45. The zero-order valence-electron chi connectivity index (χ0n) is 23.9. The maximum atomic E-state index is 14.1. The van der Waals surface area contributed by atoms with Crippen molar-refractivity contribution in [1.29, 1.82) is 0 Å². The summed E-state index contributed by atoms with van der Waals surface area (Å²) in [5.74, 6) is -0.306. The van der Waals surface area contributed by atoms with Gasteiger partial charge in [-0.25, -0.2) is 9.18 Å². The monoisotopic (exact) mass is 611 g/mol. The Kier molecular flexibility index (Phi) is 8.02. The van der Waals surface area contributed by atoms with Crippen molar-refractivity contribution < 1.29 is 40.3 Å². The van der Waals surface area contributed by atoms with Crippen molar-refractivity contribution >= 4 is 11.8 Å². The van der Waals surface area contributed by atoms with E-state index in [9.17, 15) is 40.3 Å². The van der Waals surface area contributed by atoms with Crippen molar-refractivity contribution in [1.82, 2.24) is 14.7 Å². The number of nitrogens with zero attached hydrogens (tertiary/aromatic N) is 3. The standard InChI is InChI=1S/C31H32F7N3O2/c1-17-10-23(32)4-7-26(17)28-27-16-40(24-5-6-25(42)14-24)15-19(27)8-9-41(28)29(43)39(3)18(2)20-11-21(30(33,34)35)13-22(12-20)31(36,37)38/h4,7,10-14,18-19,27-28H,5-6,8-9,15-16H2,1-3H3/t18?,19?,27-,28?/m1/s1. The normalized spacial score (nSPS) is 23.3. The molecule has 0 bridgehead atoms. The number of hydrogen-bond donors (Lipinski definition) is 0. The van der Waals surface area contributed by atoms with Gasteiger partial charge in [0.15, 0.2) is 5.78 Å². The number of halogens is 7. The van der Waals surface area contributed by atoms with Crippen molar-refractivity contribution in [2.75, 3.05) is 26.7 Å². The third-order valence-corrected chi connectivity index (χ3v) is 9.11. The van der Waals surface area contributed by atoms with E-state index in [1.165, 1.54) is 26.1 Å². The number of amides is 2. The zero-order valence-corrected chi connectivity index (χ0v) is 23.9. The van der Waals surface area contributed by atoms with Crippen molar-refractivity contribution in [2.24, 2.45) is 11.8 Å². The third-order valence-electron chi connectivity index (χ3n) is 9.11. The van der Waals surface area contributed by atoms with E-state index in [1.54, 1.807) is 24.0 Å². The number of hydrogen-bond acceptors (Lipinski definition) is 3. The molecule has 2 fully saturated rings. The second-order valence-corrected chi connectivity index (χ2v) is 11.8. The maximum Gasteiger partial charge on any atom is 0.416 e. The molecule has 2 saturated heterocycles. The van der Waals surface area contributed by atoms with Gasteiger partial charge in [0.2, 0.25) is 0 Å². The van der Waals surface area contributed by atoms with Crippen LogP contribution in [0.3, 0.4) is 0 Å². The summed E-state index contributed by atoms with van der Waals surface area (Å²) in [6, 6.07) is 3.47. The van der Waals surface area contributed by atoms with E-state index in [2.05, 4.69) is 4.90 Å². The molecular formula is C31H32F7N3O2. The summed E-state index contributed by atoms with van der Waals surface area (Å²) in [7, 11) is 1.36. The summed E-state index contributed by atoms with van der Waals surface area (Å²) in [6.07, 6.45) is -6.68. The fraction of sp³-hybridized carbons (Fsp3) is 0.484. The molecule has 0 spiro atoms. The van der Waals surface area contributed by atoms with Gasteiger partial charge in [-0.1, -0.05) is 6.07 Å². The number of piperidine rings is 1. The summed E-state index contributed by atoms with van der Waals surface area (Å²) in [6.45, 7) is 4.67. The minimum absolute atomic E-state index is 0.0616.